The molecule has 0 bridgehead atoms. The van der Waals surface area contributed by atoms with Gasteiger partial charge < -0.3 is 5.32 Å². The number of hydrogen-bond donors (Lipinski definition) is 1. The third-order valence-electron chi connectivity index (χ3n) is 2.31. The number of nitrogens with zero attached hydrogens (tertiary/aromatic N) is 1. The second kappa shape index (κ2) is 5.87. The first-order chi connectivity index (χ1) is 8.79. The molecule has 0 aliphatic heterocycles. The van der Waals surface area contributed by atoms with Gasteiger partial charge in [0.1, 0.15) is 0 Å². The lowest BCUT2D eigenvalue weighted by atomic mass is 10.2. The summed E-state index contributed by atoms with van der Waals surface area (Å²) in [6.45, 7) is 0. The van der Waals surface area contributed by atoms with Gasteiger partial charge in [0, 0.05) is 11.3 Å². The van der Waals surface area contributed by atoms with Crippen molar-refractivity contribution >= 4 is 34.7 Å². The van der Waals surface area contributed by atoms with Crippen molar-refractivity contribution in [1.29, 1.82) is 0 Å². The summed E-state index contributed by atoms with van der Waals surface area (Å²) in [4.78, 5) is 15.8. The smallest absolute Gasteiger partial charge is 0.255 e. The molecule has 2 aromatic carbocycles. The molecule has 18 heavy (non-hydrogen) atoms. The average Bonchev–Trinajstić information content (AvgIpc) is 2.40. The molecule has 0 saturated heterocycles. The molecular weight excluding hydrogens is 244 g/mol. The SMILES string of the molecule is O=C(Nc1cccc(N=C=S)c1)c1ccccc1. The van der Waals surface area contributed by atoms with Crippen LogP contribution in [0.3, 0.4) is 0 Å². The molecular formula is C14H10N2OS. The maximum Gasteiger partial charge on any atom is 0.255 e. The zero-order chi connectivity index (χ0) is 12.8. The molecule has 1 amide bonds. The van der Waals surface area contributed by atoms with E-state index in [0.29, 0.717) is 16.9 Å². The largest absolute Gasteiger partial charge is 0.322 e. The number of carbonyl (C=O) groups is 1. The molecule has 0 radical (unpaired) electrons. The Balaban J connectivity index is 2.17. The minimum Gasteiger partial charge on any atom is -0.322 e. The molecule has 0 unspecified atom stereocenters. The van der Waals surface area contributed by atoms with E-state index in [9.17, 15) is 4.79 Å². The molecule has 0 atom stereocenters. The molecule has 2 rings (SSSR count). The van der Waals surface area contributed by atoms with Crippen molar-refractivity contribution in [3.05, 3.63) is 60.2 Å². The number of isothiocyanates is 1. The second-order valence-electron chi connectivity index (χ2n) is 3.57. The molecule has 0 aliphatic carbocycles. The molecule has 0 aliphatic rings. The lowest BCUT2D eigenvalue weighted by molar-refractivity contribution is 0.102. The molecule has 0 aromatic heterocycles. The summed E-state index contributed by atoms with van der Waals surface area (Å²) in [5.74, 6) is -0.154. The van der Waals surface area contributed by atoms with E-state index in [2.05, 4.69) is 27.7 Å². The van der Waals surface area contributed by atoms with Gasteiger partial charge in [-0.2, -0.15) is 4.99 Å². The van der Waals surface area contributed by atoms with Crippen molar-refractivity contribution in [2.45, 2.75) is 0 Å². The Bertz CT molecular complexity index is 604. The lowest BCUT2D eigenvalue weighted by Gasteiger charge is -2.05. The molecule has 0 saturated carbocycles. The molecule has 3 nitrogen and oxygen atoms in total. The van der Waals surface area contributed by atoms with Crippen molar-refractivity contribution < 1.29 is 4.79 Å². The minimum atomic E-state index is -0.154. The van der Waals surface area contributed by atoms with Crippen LogP contribution in [0.1, 0.15) is 10.4 Å². The second-order valence-corrected chi connectivity index (χ2v) is 3.76. The maximum atomic E-state index is 11.9. The third-order valence-corrected chi connectivity index (χ3v) is 2.41. The fourth-order valence-electron chi connectivity index (χ4n) is 1.50. The summed E-state index contributed by atoms with van der Waals surface area (Å²) in [5.41, 5.74) is 1.95. The van der Waals surface area contributed by atoms with Crippen LogP contribution in [0.2, 0.25) is 0 Å². The zero-order valence-corrected chi connectivity index (χ0v) is 10.3. The van der Waals surface area contributed by atoms with E-state index < -0.39 is 0 Å². The fourth-order valence-corrected chi connectivity index (χ4v) is 1.60. The first-order valence-corrected chi connectivity index (χ1v) is 5.75. The Morgan fingerprint density at radius 1 is 1.11 bits per heavy atom. The molecule has 0 spiro atoms. The van der Waals surface area contributed by atoms with E-state index in [1.807, 2.05) is 18.2 Å². The van der Waals surface area contributed by atoms with Gasteiger partial charge in [0.15, 0.2) is 0 Å². The highest BCUT2D eigenvalue weighted by Gasteiger charge is 2.04. The lowest BCUT2D eigenvalue weighted by Crippen LogP contribution is -2.11. The highest BCUT2D eigenvalue weighted by molar-refractivity contribution is 7.78. The van der Waals surface area contributed by atoms with Crippen LogP contribution in [-0.4, -0.2) is 11.1 Å². The van der Waals surface area contributed by atoms with Gasteiger partial charge in [0.25, 0.3) is 5.91 Å². The Morgan fingerprint density at radius 3 is 2.61 bits per heavy atom. The first-order valence-electron chi connectivity index (χ1n) is 5.34. The van der Waals surface area contributed by atoms with Crippen LogP contribution in [0.5, 0.6) is 0 Å². The highest BCUT2D eigenvalue weighted by atomic mass is 32.1. The van der Waals surface area contributed by atoms with E-state index in [1.165, 1.54) is 0 Å². The van der Waals surface area contributed by atoms with E-state index in [4.69, 9.17) is 0 Å². The third kappa shape index (κ3) is 3.10. The fraction of sp³-hybridized carbons (Fsp3) is 0. The predicted molar refractivity (Wildman–Crippen MR) is 75.5 cm³/mol. The van der Waals surface area contributed by atoms with Crippen LogP contribution < -0.4 is 5.32 Å². The minimum absolute atomic E-state index is 0.154. The van der Waals surface area contributed by atoms with Crippen LogP contribution in [0, 0.1) is 0 Å². The molecule has 0 fully saturated rings. The summed E-state index contributed by atoms with van der Waals surface area (Å²) < 4.78 is 0. The van der Waals surface area contributed by atoms with E-state index >= 15 is 0 Å². The number of anilines is 1. The van der Waals surface area contributed by atoms with Crippen LogP contribution >= 0.6 is 12.2 Å². The maximum absolute atomic E-state index is 11.9. The van der Waals surface area contributed by atoms with Gasteiger partial charge in [-0.1, -0.05) is 24.3 Å². The van der Waals surface area contributed by atoms with E-state index in [1.54, 1.807) is 36.4 Å². The van der Waals surface area contributed by atoms with Gasteiger partial charge in [-0.15, -0.1) is 0 Å². The standard InChI is InChI=1S/C14H10N2OS/c17-14(11-5-2-1-3-6-11)16-13-8-4-7-12(9-13)15-10-18/h1-9H,(H,16,17). The van der Waals surface area contributed by atoms with Crippen LogP contribution in [0.4, 0.5) is 11.4 Å². The van der Waals surface area contributed by atoms with E-state index in [0.717, 1.165) is 0 Å². The molecule has 0 heterocycles. The van der Waals surface area contributed by atoms with Crippen molar-refractivity contribution in [3.8, 4) is 0 Å². The van der Waals surface area contributed by atoms with Crippen molar-refractivity contribution in [2.24, 2.45) is 4.99 Å². The average molecular weight is 254 g/mol. The number of benzene rings is 2. The number of carbonyl (C=O) groups excluding carboxylic acids is 1. The Hall–Kier alpha value is -2.29. The Morgan fingerprint density at radius 2 is 1.89 bits per heavy atom. The molecule has 88 valence electrons. The quantitative estimate of drug-likeness (QED) is 0.670. The topological polar surface area (TPSA) is 41.5 Å². The molecule has 1 N–H and O–H groups in total. The van der Waals surface area contributed by atoms with Gasteiger partial charge in [-0.25, -0.2) is 0 Å². The van der Waals surface area contributed by atoms with Crippen LogP contribution in [0.25, 0.3) is 0 Å². The van der Waals surface area contributed by atoms with Crippen molar-refractivity contribution in [1.82, 2.24) is 0 Å². The van der Waals surface area contributed by atoms with Gasteiger partial charge >= 0.3 is 0 Å². The number of aliphatic imine (C=N–C) groups is 1. The van der Waals surface area contributed by atoms with Gasteiger partial charge in [0.2, 0.25) is 0 Å². The normalized spacial score (nSPS) is 9.33. The summed E-state index contributed by atoms with van der Waals surface area (Å²) in [6.07, 6.45) is 0. The molecule has 4 heteroatoms. The predicted octanol–water partition coefficient (Wildman–Crippen LogP) is 3.67. The van der Waals surface area contributed by atoms with Crippen molar-refractivity contribution in [2.75, 3.05) is 5.32 Å². The summed E-state index contributed by atoms with van der Waals surface area (Å²) in [5, 5.41) is 5.09. The number of nitrogens with one attached hydrogen (secondary N) is 1. The number of thiocarbonyl (C=S) groups is 1. The van der Waals surface area contributed by atoms with Gasteiger partial charge in [-0.05, 0) is 42.5 Å². The number of hydrogen-bond acceptors (Lipinski definition) is 3. The molecule has 2 aromatic rings. The monoisotopic (exact) mass is 254 g/mol. The highest BCUT2D eigenvalue weighted by Crippen LogP contribution is 2.18. The van der Waals surface area contributed by atoms with Gasteiger partial charge in [0.05, 0.1) is 10.8 Å². The summed E-state index contributed by atoms with van der Waals surface area (Å²) >= 11 is 4.54. The summed E-state index contributed by atoms with van der Waals surface area (Å²) in [6, 6.07) is 16.1. The van der Waals surface area contributed by atoms with Gasteiger partial charge in [-0.3, -0.25) is 4.79 Å². The Labute approximate surface area is 110 Å². The zero-order valence-electron chi connectivity index (χ0n) is 9.46. The summed E-state index contributed by atoms with van der Waals surface area (Å²) in [7, 11) is 0. The van der Waals surface area contributed by atoms with E-state index in [-0.39, 0.29) is 5.91 Å². The van der Waals surface area contributed by atoms with Crippen molar-refractivity contribution in [3.63, 3.8) is 0 Å². The number of amides is 1. The first kappa shape index (κ1) is 12.2. The Kier molecular flexibility index (Phi) is 3.97. The van der Waals surface area contributed by atoms with Crippen LogP contribution in [0.15, 0.2) is 59.6 Å². The number of rotatable bonds is 3. The van der Waals surface area contributed by atoms with Crippen LogP contribution in [-0.2, 0) is 0 Å².